The number of hydrogen-bond acceptors (Lipinski definition) is 7. The Hall–Kier alpha value is -2.95. The van der Waals surface area contributed by atoms with Gasteiger partial charge in [-0.3, -0.25) is 14.4 Å². The second-order valence-corrected chi connectivity index (χ2v) is 10.5. The lowest BCUT2D eigenvalue weighted by atomic mass is 10.1. The fourth-order valence-corrected chi connectivity index (χ4v) is 6.41. The molecule has 2 heterocycles. The second-order valence-electron chi connectivity index (χ2n) is 8.31. The molecule has 1 aromatic rings. The number of sulfone groups is 1. The second kappa shape index (κ2) is 8.53. The van der Waals surface area contributed by atoms with Crippen molar-refractivity contribution in [3.63, 3.8) is 0 Å². The lowest BCUT2D eigenvalue weighted by Crippen LogP contribution is -2.51. The molecule has 11 heteroatoms. The summed E-state index contributed by atoms with van der Waals surface area (Å²) in [6.45, 7) is -0.594. The summed E-state index contributed by atoms with van der Waals surface area (Å²) in [5, 5.41) is 0. The summed E-state index contributed by atoms with van der Waals surface area (Å²) in [5.74, 6) is -2.21. The molecular weight excluding hydrogens is 438 g/mol. The number of anilines is 1. The smallest absolute Gasteiger partial charge is 0.339 e. The predicted octanol–water partition coefficient (Wildman–Crippen LogP) is 0.949. The van der Waals surface area contributed by atoms with E-state index < -0.39 is 46.2 Å². The summed E-state index contributed by atoms with van der Waals surface area (Å²) >= 11 is 0. The molecule has 5 amide bonds. The number of rotatable bonds is 6. The van der Waals surface area contributed by atoms with Crippen LogP contribution in [0.5, 0.6) is 5.75 Å². The minimum atomic E-state index is -3.23. The zero-order valence-corrected chi connectivity index (χ0v) is 18.5. The standard InChI is InChI=1S/C21H25N3O7S/c1-31-17-8-6-15(7-9-17)24-20(27)19(26)22(21(24)28)12-18(25)23(14-4-2-3-5-14)16-10-11-32(29,30)13-16/h6-9,14,16H,2-5,10-13H2,1H3/t16-/m1/s1. The maximum absolute atomic E-state index is 13.2. The number of benzene rings is 1. The third-order valence-electron chi connectivity index (χ3n) is 6.29. The fraction of sp³-hybridized carbons (Fsp3) is 0.524. The molecule has 2 saturated heterocycles. The largest absolute Gasteiger partial charge is 0.497 e. The maximum Gasteiger partial charge on any atom is 0.339 e. The quantitative estimate of drug-likeness (QED) is 0.455. The Balaban J connectivity index is 1.54. The average Bonchev–Trinajstić information content (AvgIpc) is 3.46. The van der Waals surface area contributed by atoms with Gasteiger partial charge in [-0.05, 0) is 43.5 Å². The first-order valence-electron chi connectivity index (χ1n) is 10.6. The highest BCUT2D eigenvalue weighted by atomic mass is 32.2. The van der Waals surface area contributed by atoms with Crippen LogP contribution >= 0.6 is 0 Å². The van der Waals surface area contributed by atoms with Gasteiger partial charge >= 0.3 is 17.8 Å². The van der Waals surface area contributed by atoms with Crippen LogP contribution in [-0.4, -0.2) is 79.2 Å². The average molecular weight is 464 g/mol. The molecule has 0 bridgehead atoms. The van der Waals surface area contributed by atoms with Gasteiger partial charge in [0.1, 0.15) is 12.3 Å². The van der Waals surface area contributed by atoms with E-state index in [1.165, 1.54) is 19.2 Å². The first-order chi connectivity index (χ1) is 15.2. The number of hydrogen-bond donors (Lipinski definition) is 0. The molecule has 10 nitrogen and oxygen atoms in total. The number of amides is 5. The van der Waals surface area contributed by atoms with Gasteiger partial charge in [-0.25, -0.2) is 23.0 Å². The molecule has 1 atom stereocenters. The Bertz CT molecular complexity index is 1050. The number of methoxy groups -OCH3 is 1. The highest BCUT2D eigenvalue weighted by Crippen LogP contribution is 2.30. The lowest BCUT2D eigenvalue weighted by molar-refractivity contribution is -0.143. The Kier molecular flexibility index (Phi) is 5.93. The fourth-order valence-electron chi connectivity index (χ4n) is 4.70. The normalized spacial score (nSPS) is 23.3. The number of carbonyl (C=O) groups is 4. The van der Waals surface area contributed by atoms with E-state index in [0.29, 0.717) is 17.1 Å². The molecule has 0 unspecified atom stereocenters. The molecule has 172 valence electrons. The van der Waals surface area contributed by atoms with Gasteiger partial charge in [0, 0.05) is 12.1 Å². The minimum absolute atomic E-state index is 0.0134. The summed E-state index contributed by atoms with van der Waals surface area (Å²) in [6.07, 6.45) is 3.70. The zero-order chi connectivity index (χ0) is 23.0. The monoisotopic (exact) mass is 463 g/mol. The van der Waals surface area contributed by atoms with E-state index in [4.69, 9.17) is 4.74 Å². The molecule has 1 aliphatic carbocycles. The summed E-state index contributed by atoms with van der Waals surface area (Å²) in [4.78, 5) is 54.1. The van der Waals surface area contributed by atoms with Crippen LogP contribution in [0.1, 0.15) is 32.1 Å². The van der Waals surface area contributed by atoms with E-state index in [0.717, 1.165) is 30.6 Å². The van der Waals surface area contributed by atoms with Crippen LogP contribution < -0.4 is 9.64 Å². The highest BCUT2D eigenvalue weighted by Gasteiger charge is 2.48. The van der Waals surface area contributed by atoms with Crippen molar-refractivity contribution in [2.45, 2.75) is 44.2 Å². The van der Waals surface area contributed by atoms with Crippen molar-refractivity contribution in [2.24, 2.45) is 0 Å². The SMILES string of the molecule is COc1ccc(N2C(=O)C(=O)N(CC(=O)N(C3CCCC3)[C@@H]3CCS(=O)(=O)C3)C2=O)cc1. The summed E-state index contributed by atoms with van der Waals surface area (Å²) < 4.78 is 29.1. The van der Waals surface area contributed by atoms with Gasteiger partial charge < -0.3 is 9.64 Å². The zero-order valence-electron chi connectivity index (χ0n) is 17.7. The van der Waals surface area contributed by atoms with Gasteiger partial charge in [-0.2, -0.15) is 0 Å². The molecule has 32 heavy (non-hydrogen) atoms. The minimum Gasteiger partial charge on any atom is -0.497 e. The van der Waals surface area contributed by atoms with Gasteiger partial charge in [0.05, 0.1) is 24.3 Å². The number of carbonyl (C=O) groups excluding carboxylic acids is 4. The van der Waals surface area contributed by atoms with Crippen molar-refractivity contribution in [2.75, 3.05) is 30.1 Å². The van der Waals surface area contributed by atoms with Crippen LogP contribution in [-0.2, 0) is 24.2 Å². The Labute approximate surface area is 186 Å². The maximum atomic E-state index is 13.2. The van der Waals surface area contributed by atoms with Gasteiger partial charge in [0.15, 0.2) is 9.84 Å². The lowest BCUT2D eigenvalue weighted by Gasteiger charge is -2.34. The van der Waals surface area contributed by atoms with Gasteiger partial charge in [0.25, 0.3) is 0 Å². The van der Waals surface area contributed by atoms with E-state index in [1.54, 1.807) is 17.0 Å². The Morgan fingerprint density at radius 1 is 1.03 bits per heavy atom. The Morgan fingerprint density at radius 2 is 1.69 bits per heavy atom. The third-order valence-corrected chi connectivity index (χ3v) is 8.04. The molecule has 3 fully saturated rings. The van der Waals surface area contributed by atoms with Crippen molar-refractivity contribution in [3.8, 4) is 5.75 Å². The molecule has 0 radical (unpaired) electrons. The van der Waals surface area contributed by atoms with Crippen molar-refractivity contribution in [1.29, 1.82) is 0 Å². The molecule has 1 saturated carbocycles. The first-order valence-corrected chi connectivity index (χ1v) is 12.4. The predicted molar refractivity (Wildman–Crippen MR) is 114 cm³/mol. The highest BCUT2D eigenvalue weighted by molar-refractivity contribution is 7.91. The van der Waals surface area contributed by atoms with E-state index in [2.05, 4.69) is 0 Å². The van der Waals surface area contributed by atoms with Crippen molar-refractivity contribution in [3.05, 3.63) is 24.3 Å². The number of ether oxygens (including phenoxy) is 1. The van der Waals surface area contributed by atoms with Gasteiger partial charge in [0.2, 0.25) is 5.91 Å². The number of nitrogens with zero attached hydrogens (tertiary/aromatic N) is 3. The molecule has 0 N–H and O–H groups in total. The number of urea groups is 1. The molecule has 4 rings (SSSR count). The molecule has 1 aromatic carbocycles. The molecule has 0 spiro atoms. The van der Waals surface area contributed by atoms with Crippen LogP contribution in [0.2, 0.25) is 0 Å². The summed E-state index contributed by atoms with van der Waals surface area (Å²) in [6, 6.07) is 4.55. The van der Waals surface area contributed by atoms with Crippen LogP contribution in [0.3, 0.4) is 0 Å². The molecular formula is C21H25N3O7S. The van der Waals surface area contributed by atoms with Crippen molar-refractivity contribution < 1.29 is 32.3 Å². The van der Waals surface area contributed by atoms with E-state index in [9.17, 15) is 27.6 Å². The van der Waals surface area contributed by atoms with Crippen molar-refractivity contribution >= 4 is 39.3 Å². The van der Waals surface area contributed by atoms with Crippen molar-refractivity contribution in [1.82, 2.24) is 9.80 Å². The molecule has 0 aromatic heterocycles. The van der Waals surface area contributed by atoms with E-state index in [1.807, 2.05) is 0 Å². The van der Waals surface area contributed by atoms with Crippen LogP contribution in [0, 0.1) is 0 Å². The van der Waals surface area contributed by atoms with E-state index >= 15 is 0 Å². The van der Waals surface area contributed by atoms with E-state index in [-0.39, 0.29) is 23.2 Å². The first kappa shape index (κ1) is 22.3. The van der Waals surface area contributed by atoms with Crippen LogP contribution in [0.15, 0.2) is 24.3 Å². The van der Waals surface area contributed by atoms with Crippen LogP contribution in [0.25, 0.3) is 0 Å². The van der Waals surface area contributed by atoms with Crippen LogP contribution in [0.4, 0.5) is 10.5 Å². The summed E-state index contributed by atoms with van der Waals surface area (Å²) in [5.41, 5.74) is 0.193. The number of imide groups is 2. The third kappa shape index (κ3) is 4.08. The Morgan fingerprint density at radius 3 is 2.25 bits per heavy atom. The van der Waals surface area contributed by atoms with Gasteiger partial charge in [-0.15, -0.1) is 0 Å². The topological polar surface area (TPSA) is 121 Å². The summed E-state index contributed by atoms with van der Waals surface area (Å²) in [7, 11) is -1.75. The van der Waals surface area contributed by atoms with Gasteiger partial charge in [-0.1, -0.05) is 12.8 Å². The molecule has 3 aliphatic rings. The molecule has 2 aliphatic heterocycles.